The zero-order chi connectivity index (χ0) is 14.0. The van der Waals surface area contributed by atoms with Gasteiger partial charge in [0.2, 0.25) is 5.91 Å². The van der Waals surface area contributed by atoms with Crippen molar-refractivity contribution in [3.05, 3.63) is 22.3 Å². The molecule has 0 saturated carbocycles. The van der Waals surface area contributed by atoms with E-state index in [1.165, 1.54) is 0 Å². The molecule has 1 atom stereocenters. The summed E-state index contributed by atoms with van der Waals surface area (Å²) in [6, 6.07) is 1.24. The quantitative estimate of drug-likeness (QED) is 0.844. The fraction of sp³-hybridized carbons (Fsp3) is 0.417. The Labute approximate surface area is 119 Å². The first-order valence-electron chi connectivity index (χ1n) is 5.96. The molecule has 1 fully saturated rings. The Morgan fingerprint density at radius 3 is 3.05 bits per heavy atom. The van der Waals surface area contributed by atoms with Gasteiger partial charge in [-0.2, -0.15) is 0 Å². The zero-order valence-electron chi connectivity index (χ0n) is 10.7. The first kappa shape index (κ1) is 13.8. The van der Waals surface area contributed by atoms with E-state index in [2.05, 4.69) is 31.5 Å². The smallest absolute Gasteiger partial charge is 0.258 e. The van der Waals surface area contributed by atoms with E-state index in [4.69, 9.17) is 0 Å². The summed E-state index contributed by atoms with van der Waals surface area (Å²) in [5.41, 5.74) is 0.457. The normalized spacial score (nSPS) is 19.0. The van der Waals surface area contributed by atoms with Crippen LogP contribution < -0.4 is 10.6 Å². The average Bonchev–Trinajstić information content (AvgIpc) is 2.41. The molecule has 1 unspecified atom stereocenters. The summed E-state index contributed by atoms with van der Waals surface area (Å²) in [6.45, 7) is 2.70. The second-order valence-electron chi connectivity index (χ2n) is 4.27. The number of hydrogen-bond donors (Lipinski definition) is 2. The molecule has 1 aromatic heterocycles. The van der Waals surface area contributed by atoms with E-state index >= 15 is 0 Å². The standard InChI is InChI=1S/C12H15BrN4O2/c1-7-11(18)15-3-4-17(7)12(19)9-5-8(13)6-16-10(9)14-2/h5-7H,3-4H2,1-2H3,(H,14,16)(H,15,18). The first-order chi connectivity index (χ1) is 9.04. The van der Waals surface area contributed by atoms with Crippen molar-refractivity contribution < 1.29 is 9.59 Å². The summed E-state index contributed by atoms with van der Waals surface area (Å²) in [5, 5.41) is 5.62. The summed E-state index contributed by atoms with van der Waals surface area (Å²) in [7, 11) is 1.71. The molecule has 0 radical (unpaired) electrons. The Morgan fingerprint density at radius 2 is 2.37 bits per heavy atom. The van der Waals surface area contributed by atoms with Crippen LogP contribution in [0.1, 0.15) is 17.3 Å². The highest BCUT2D eigenvalue weighted by Crippen LogP contribution is 2.21. The Morgan fingerprint density at radius 1 is 1.63 bits per heavy atom. The van der Waals surface area contributed by atoms with Crippen LogP contribution in [0.3, 0.4) is 0 Å². The van der Waals surface area contributed by atoms with Gasteiger partial charge in [0, 0.05) is 30.8 Å². The Hall–Kier alpha value is -1.63. The van der Waals surface area contributed by atoms with Crippen LogP contribution in [-0.2, 0) is 4.79 Å². The molecule has 1 aliphatic heterocycles. The minimum absolute atomic E-state index is 0.131. The third kappa shape index (κ3) is 2.70. The van der Waals surface area contributed by atoms with Crippen molar-refractivity contribution in [1.29, 1.82) is 0 Å². The van der Waals surface area contributed by atoms with Gasteiger partial charge >= 0.3 is 0 Å². The predicted molar refractivity (Wildman–Crippen MR) is 75.0 cm³/mol. The molecular weight excluding hydrogens is 312 g/mol. The van der Waals surface area contributed by atoms with E-state index < -0.39 is 6.04 Å². The minimum atomic E-state index is -0.468. The lowest BCUT2D eigenvalue weighted by Gasteiger charge is -2.33. The lowest BCUT2D eigenvalue weighted by molar-refractivity contribution is -0.127. The van der Waals surface area contributed by atoms with Gasteiger partial charge in [0.15, 0.2) is 0 Å². The van der Waals surface area contributed by atoms with Gasteiger partial charge in [-0.1, -0.05) is 0 Å². The molecule has 0 bridgehead atoms. The highest BCUT2D eigenvalue weighted by molar-refractivity contribution is 9.10. The van der Waals surface area contributed by atoms with Crippen LogP contribution in [0.2, 0.25) is 0 Å². The lowest BCUT2D eigenvalue weighted by Crippen LogP contribution is -2.55. The monoisotopic (exact) mass is 326 g/mol. The van der Waals surface area contributed by atoms with E-state index in [0.29, 0.717) is 24.5 Å². The zero-order valence-corrected chi connectivity index (χ0v) is 12.3. The maximum atomic E-state index is 12.5. The number of carbonyl (C=O) groups is 2. The molecule has 2 N–H and O–H groups in total. The molecule has 2 amide bonds. The number of carbonyl (C=O) groups excluding carboxylic acids is 2. The van der Waals surface area contributed by atoms with Gasteiger partial charge in [-0.15, -0.1) is 0 Å². The lowest BCUT2D eigenvalue weighted by atomic mass is 10.1. The van der Waals surface area contributed by atoms with E-state index in [-0.39, 0.29) is 11.8 Å². The van der Waals surface area contributed by atoms with Crippen molar-refractivity contribution in [3.63, 3.8) is 0 Å². The fourth-order valence-electron chi connectivity index (χ4n) is 2.02. The molecule has 1 saturated heterocycles. The number of nitrogens with one attached hydrogen (secondary N) is 2. The number of nitrogens with zero attached hydrogens (tertiary/aromatic N) is 2. The average molecular weight is 327 g/mol. The van der Waals surface area contributed by atoms with Crippen molar-refractivity contribution in [2.45, 2.75) is 13.0 Å². The first-order valence-corrected chi connectivity index (χ1v) is 6.76. The number of halogens is 1. The van der Waals surface area contributed by atoms with Crippen LogP contribution in [0.5, 0.6) is 0 Å². The number of piperazine rings is 1. The molecule has 1 aromatic rings. The van der Waals surface area contributed by atoms with E-state index in [1.54, 1.807) is 31.1 Å². The van der Waals surface area contributed by atoms with E-state index in [1.807, 2.05) is 0 Å². The maximum absolute atomic E-state index is 12.5. The summed E-state index contributed by atoms with van der Waals surface area (Å²) in [6.07, 6.45) is 1.62. The molecule has 0 spiro atoms. The van der Waals surface area contributed by atoms with Crippen LogP contribution >= 0.6 is 15.9 Å². The third-order valence-corrected chi connectivity index (χ3v) is 3.51. The van der Waals surface area contributed by atoms with Crippen LogP contribution in [-0.4, -0.2) is 47.9 Å². The van der Waals surface area contributed by atoms with Crippen molar-refractivity contribution >= 4 is 33.6 Å². The summed E-state index contributed by atoms with van der Waals surface area (Å²) >= 11 is 3.30. The minimum Gasteiger partial charge on any atom is -0.372 e. The second-order valence-corrected chi connectivity index (χ2v) is 5.18. The van der Waals surface area contributed by atoms with Crippen LogP contribution in [0, 0.1) is 0 Å². The largest absolute Gasteiger partial charge is 0.372 e. The van der Waals surface area contributed by atoms with Crippen LogP contribution in [0.15, 0.2) is 16.7 Å². The van der Waals surface area contributed by atoms with Gasteiger partial charge in [0.1, 0.15) is 11.9 Å². The molecule has 2 rings (SSSR count). The predicted octanol–water partition coefficient (Wildman–Crippen LogP) is 0.846. The molecule has 2 heterocycles. The van der Waals surface area contributed by atoms with Crippen molar-refractivity contribution in [2.75, 3.05) is 25.5 Å². The molecule has 7 heteroatoms. The third-order valence-electron chi connectivity index (χ3n) is 3.08. The van der Waals surface area contributed by atoms with Crippen LogP contribution in [0.25, 0.3) is 0 Å². The molecule has 0 aliphatic carbocycles. The number of pyridine rings is 1. The van der Waals surface area contributed by atoms with Gasteiger partial charge in [0.05, 0.1) is 5.56 Å². The Kier molecular flexibility index (Phi) is 4.04. The number of hydrogen-bond acceptors (Lipinski definition) is 4. The summed E-state index contributed by atoms with van der Waals surface area (Å²) in [5.74, 6) is 0.181. The molecule has 6 nitrogen and oxygen atoms in total. The van der Waals surface area contributed by atoms with Crippen molar-refractivity contribution in [3.8, 4) is 0 Å². The fourth-order valence-corrected chi connectivity index (χ4v) is 2.35. The molecular formula is C12H15BrN4O2. The van der Waals surface area contributed by atoms with Gasteiger partial charge in [-0.05, 0) is 28.9 Å². The highest BCUT2D eigenvalue weighted by Gasteiger charge is 2.31. The highest BCUT2D eigenvalue weighted by atomic mass is 79.9. The Balaban J connectivity index is 2.33. The molecule has 1 aliphatic rings. The maximum Gasteiger partial charge on any atom is 0.258 e. The Bertz CT molecular complexity index is 520. The number of aromatic nitrogens is 1. The van der Waals surface area contributed by atoms with Crippen molar-refractivity contribution in [1.82, 2.24) is 15.2 Å². The molecule has 102 valence electrons. The van der Waals surface area contributed by atoms with Gasteiger partial charge in [-0.25, -0.2) is 4.98 Å². The molecule has 0 aromatic carbocycles. The van der Waals surface area contributed by atoms with Gasteiger partial charge < -0.3 is 15.5 Å². The topological polar surface area (TPSA) is 74.3 Å². The molecule has 19 heavy (non-hydrogen) atoms. The summed E-state index contributed by atoms with van der Waals surface area (Å²) < 4.78 is 0.726. The van der Waals surface area contributed by atoms with Gasteiger partial charge in [-0.3, -0.25) is 9.59 Å². The van der Waals surface area contributed by atoms with Crippen LogP contribution in [0.4, 0.5) is 5.82 Å². The van der Waals surface area contributed by atoms with Gasteiger partial charge in [0.25, 0.3) is 5.91 Å². The number of amides is 2. The van der Waals surface area contributed by atoms with E-state index in [0.717, 1.165) is 4.47 Å². The number of rotatable bonds is 2. The SMILES string of the molecule is CNc1ncc(Br)cc1C(=O)N1CCNC(=O)C1C. The van der Waals surface area contributed by atoms with E-state index in [9.17, 15) is 9.59 Å². The second kappa shape index (κ2) is 5.56. The summed E-state index contributed by atoms with van der Waals surface area (Å²) in [4.78, 5) is 29.9. The number of anilines is 1. The van der Waals surface area contributed by atoms with Crippen molar-refractivity contribution in [2.24, 2.45) is 0 Å².